The lowest BCUT2D eigenvalue weighted by Gasteiger charge is -2.37. The molecule has 1 amide bonds. The summed E-state index contributed by atoms with van der Waals surface area (Å²) in [4.78, 5) is 33.6. The van der Waals surface area contributed by atoms with Crippen LogP contribution in [0.25, 0.3) is 0 Å². The Balaban J connectivity index is 1.56. The van der Waals surface area contributed by atoms with E-state index >= 15 is 0 Å². The van der Waals surface area contributed by atoms with Crippen LogP contribution in [0.2, 0.25) is 10.0 Å². The van der Waals surface area contributed by atoms with E-state index in [4.69, 9.17) is 28.0 Å². The highest BCUT2D eigenvalue weighted by atomic mass is 35.5. The van der Waals surface area contributed by atoms with Crippen molar-refractivity contribution in [1.82, 2.24) is 10.4 Å². The van der Waals surface area contributed by atoms with Crippen LogP contribution in [-0.4, -0.2) is 29.7 Å². The van der Waals surface area contributed by atoms with Crippen molar-refractivity contribution in [1.29, 1.82) is 0 Å². The first kappa shape index (κ1) is 20.9. The van der Waals surface area contributed by atoms with E-state index in [9.17, 15) is 9.59 Å². The molecule has 2 aromatic rings. The lowest BCUT2D eigenvalue weighted by molar-refractivity contribution is -0.141. The summed E-state index contributed by atoms with van der Waals surface area (Å²) >= 11 is 12.9. The van der Waals surface area contributed by atoms with E-state index in [0.717, 1.165) is 0 Å². The Morgan fingerprint density at radius 2 is 1.67 bits per heavy atom. The van der Waals surface area contributed by atoms with E-state index in [1.54, 1.807) is 36.1 Å². The van der Waals surface area contributed by atoms with Gasteiger partial charge < -0.3 is 9.74 Å². The van der Waals surface area contributed by atoms with Gasteiger partial charge in [0, 0.05) is 40.2 Å². The largest absolute Gasteiger partial charge is 0.412 e. The van der Waals surface area contributed by atoms with Gasteiger partial charge in [-0.05, 0) is 38.0 Å². The van der Waals surface area contributed by atoms with E-state index in [-0.39, 0.29) is 17.6 Å². The van der Waals surface area contributed by atoms with Crippen molar-refractivity contribution in [2.75, 3.05) is 13.1 Å². The second-order valence-electron chi connectivity index (χ2n) is 7.66. The van der Waals surface area contributed by atoms with Crippen LogP contribution in [0.15, 0.2) is 60.4 Å². The number of Topliss-reactive ketones (excluding diaryl/α,β-unsaturated/α-hetero) is 1. The summed E-state index contributed by atoms with van der Waals surface area (Å²) in [6.07, 6.45) is 2.92. The Morgan fingerprint density at radius 1 is 1.03 bits per heavy atom. The molecular formula is C23H22Cl2N2O3. The number of piperidine rings is 1. The molecule has 1 saturated heterocycles. The van der Waals surface area contributed by atoms with Gasteiger partial charge in [0.15, 0.2) is 11.3 Å². The SMILES string of the molecule is CC1=CC(C(=O)N2CCC(C(=O)c3ccccc3)CC2)(c2c(Cl)cccc2Cl)NO1. The maximum atomic E-state index is 13.7. The average Bonchev–Trinajstić information content (AvgIpc) is 3.15. The number of halogens is 2. The number of benzene rings is 2. The zero-order valence-corrected chi connectivity index (χ0v) is 18.0. The van der Waals surface area contributed by atoms with Gasteiger partial charge in [-0.2, -0.15) is 0 Å². The Hall–Kier alpha value is -2.34. The van der Waals surface area contributed by atoms with Crippen LogP contribution < -0.4 is 5.48 Å². The highest BCUT2D eigenvalue weighted by molar-refractivity contribution is 6.36. The number of hydroxylamine groups is 1. The molecule has 4 rings (SSSR count). The minimum atomic E-state index is -1.30. The van der Waals surface area contributed by atoms with Gasteiger partial charge in [-0.15, -0.1) is 5.48 Å². The molecule has 30 heavy (non-hydrogen) atoms. The molecule has 0 radical (unpaired) electrons. The highest BCUT2D eigenvalue weighted by Gasteiger charge is 2.48. The maximum Gasteiger partial charge on any atom is 0.255 e. The van der Waals surface area contributed by atoms with E-state index in [1.165, 1.54) is 0 Å². The van der Waals surface area contributed by atoms with Crippen LogP contribution in [-0.2, 0) is 15.2 Å². The van der Waals surface area contributed by atoms with Gasteiger partial charge in [0.05, 0.1) is 0 Å². The van der Waals surface area contributed by atoms with Gasteiger partial charge in [0.25, 0.3) is 5.91 Å². The fourth-order valence-corrected chi connectivity index (χ4v) is 4.86. The molecule has 7 heteroatoms. The predicted octanol–water partition coefficient (Wildman–Crippen LogP) is 4.75. The molecule has 1 N–H and O–H groups in total. The van der Waals surface area contributed by atoms with E-state index < -0.39 is 5.54 Å². The fourth-order valence-electron chi connectivity index (χ4n) is 4.17. The maximum absolute atomic E-state index is 13.7. The molecule has 5 nitrogen and oxygen atoms in total. The van der Waals surface area contributed by atoms with Gasteiger partial charge in [0.1, 0.15) is 5.76 Å². The first-order valence-corrected chi connectivity index (χ1v) is 10.6. The topological polar surface area (TPSA) is 58.6 Å². The number of carbonyl (C=O) groups excluding carboxylic acids is 2. The van der Waals surface area contributed by atoms with Crippen LogP contribution in [0.4, 0.5) is 0 Å². The third kappa shape index (κ3) is 3.73. The molecule has 2 aliphatic rings. The van der Waals surface area contributed by atoms with Crippen molar-refractivity contribution in [3.05, 3.63) is 81.5 Å². The Morgan fingerprint density at radius 3 is 2.23 bits per heavy atom. The molecule has 0 bridgehead atoms. The number of carbonyl (C=O) groups is 2. The monoisotopic (exact) mass is 444 g/mol. The third-order valence-electron chi connectivity index (χ3n) is 5.70. The number of nitrogens with zero attached hydrogens (tertiary/aromatic N) is 1. The molecule has 2 aromatic carbocycles. The van der Waals surface area contributed by atoms with Gasteiger partial charge in [-0.3, -0.25) is 9.59 Å². The summed E-state index contributed by atoms with van der Waals surface area (Å²) in [6, 6.07) is 14.4. The summed E-state index contributed by atoms with van der Waals surface area (Å²) in [7, 11) is 0. The van der Waals surface area contributed by atoms with Crippen LogP contribution in [0.5, 0.6) is 0 Å². The number of allylic oxidation sites excluding steroid dienone is 1. The molecule has 0 aliphatic carbocycles. The predicted molar refractivity (Wildman–Crippen MR) is 116 cm³/mol. The minimum Gasteiger partial charge on any atom is -0.412 e. The summed E-state index contributed by atoms with van der Waals surface area (Å²) in [5.74, 6) is 0.402. The van der Waals surface area contributed by atoms with Crippen LogP contribution in [0.1, 0.15) is 35.7 Å². The van der Waals surface area contributed by atoms with Crippen LogP contribution >= 0.6 is 23.2 Å². The van der Waals surface area contributed by atoms with Crippen molar-refractivity contribution in [2.45, 2.75) is 25.3 Å². The summed E-state index contributed by atoms with van der Waals surface area (Å²) in [5, 5.41) is 0.763. The molecular weight excluding hydrogens is 423 g/mol. The molecule has 0 spiro atoms. The molecule has 2 aliphatic heterocycles. The Kier molecular flexibility index (Phi) is 5.87. The van der Waals surface area contributed by atoms with Gasteiger partial charge >= 0.3 is 0 Å². The van der Waals surface area contributed by atoms with Crippen molar-refractivity contribution in [3.63, 3.8) is 0 Å². The lowest BCUT2D eigenvalue weighted by atomic mass is 9.85. The second-order valence-corrected chi connectivity index (χ2v) is 8.47. The second kappa shape index (κ2) is 8.42. The highest BCUT2D eigenvalue weighted by Crippen LogP contribution is 2.40. The molecule has 2 heterocycles. The molecule has 1 fully saturated rings. The van der Waals surface area contributed by atoms with Crippen LogP contribution in [0, 0.1) is 5.92 Å². The van der Waals surface area contributed by atoms with Crippen molar-refractivity contribution in [3.8, 4) is 0 Å². The van der Waals surface area contributed by atoms with Crippen LogP contribution in [0.3, 0.4) is 0 Å². The molecule has 156 valence electrons. The molecule has 1 unspecified atom stereocenters. The zero-order valence-electron chi connectivity index (χ0n) is 16.5. The standard InChI is InChI=1S/C23H22Cl2N2O3/c1-15-14-23(26-30-15,20-18(24)8-5-9-19(20)25)22(29)27-12-10-17(11-13-27)21(28)16-6-3-2-4-7-16/h2-9,14,17,26H,10-13H2,1H3. The number of likely N-dealkylation sites (tertiary alicyclic amines) is 1. The van der Waals surface area contributed by atoms with Crippen molar-refractivity contribution >= 4 is 34.9 Å². The molecule has 0 aromatic heterocycles. The summed E-state index contributed by atoms with van der Waals surface area (Å²) < 4.78 is 0. The van der Waals surface area contributed by atoms with Crippen molar-refractivity contribution in [2.24, 2.45) is 5.92 Å². The average molecular weight is 445 g/mol. The summed E-state index contributed by atoms with van der Waals surface area (Å²) in [6.45, 7) is 2.71. The van der Waals surface area contributed by atoms with Gasteiger partial charge in [-0.25, -0.2) is 0 Å². The summed E-state index contributed by atoms with van der Waals surface area (Å²) in [5.41, 5.74) is 2.74. The Labute approximate surface area is 185 Å². The first-order chi connectivity index (χ1) is 14.4. The number of rotatable bonds is 4. The number of hydrogen-bond acceptors (Lipinski definition) is 4. The molecule has 0 saturated carbocycles. The lowest BCUT2D eigenvalue weighted by Crippen LogP contribution is -2.54. The van der Waals surface area contributed by atoms with E-state index in [0.29, 0.717) is 52.9 Å². The smallest absolute Gasteiger partial charge is 0.255 e. The number of hydrogen-bond donors (Lipinski definition) is 1. The van der Waals surface area contributed by atoms with Crippen molar-refractivity contribution < 1.29 is 14.4 Å². The number of nitrogens with one attached hydrogen (secondary N) is 1. The molecule has 1 atom stereocenters. The quantitative estimate of drug-likeness (QED) is 0.691. The normalized spacial score (nSPS) is 21.8. The van der Waals surface area contributed by atoms with E-state index in [2.05, 4.69) is 5.48 Å². The number of ketones is 1. The van der Waals surface area contributed by atoms with Gasteiger partial charge in [-0.1, -0.05) is 59.6 Å². The third-order valence-corrected chi connectivity index (χ3v) is 6.33. The number of amides is 1. The van der Waals surface area contributed by atoms with E-state index in [1.807, 2.05) is 30.3 Å². The zero-order chi connectivity index (χ0) is 21.3. The Bertz CT molecular complexity index is 981. The van der Waals surface area contributed by atoms with Gasteiger partial charge in [0.2, 0.25) is 0 Å². The first-order valence-electron chi connectivity index (χ1n) is 9.89. The minimum absolute atomic E-state index is 0.0960. The fraction of sp³-hybridized carbons (Fsp3) is 0.304.